The highest BCUT2D eigenvalue weighted by Crippen LogP contribution is 2.37. The largest absolute Gasteiger partial charge is 0.454 e. The van der Waals surface area contributed by atoms with E-state index in [0.717, 1.165) is 22.4 Å². The van der Waals surface area contributed by atoms with Gasteiger partial charge in [0.15, 0.2) is 11.5 Å². The number of anilines is 1. The van der Waals surface area contributed by atoms with Crippen LogP contribution in [0, 0.1) is 26.7 Å². The van der Waals surface area contributed by atoms with Crippen LogP contribution in [-0.4, -0.2) is 34.2 Å². The number of carbonyl (C=O) groups is 1. The number of hydrogen-bond donors (Lipinski definition) is 1. The Morgan fingerprint density at radius 2 is 1.76 bits per heavy atom. The zero-order valence-electron chi connectivity index (χ0n) is 16.7. The molecule has 4 rings (SSSR count). The molecule has 8 heteroatoms. The van der Waals surface area contributed by atoms with Gasteiger partial charge in [-0.25, -0.2) is 13.1 Å². The Morgan fingerprint density at radius 1 is 1.07 bits per heavy atom. The van der Waals surface area contributed by atoms with Crippen molar-refractivity contribution in [3.63, 3.8) is 0 Å². The lowest BCUT2D eigenvalue weighted by molar-refractivity contribution is -0.117. The average Bonchev–Trinajstić information content (AvgIpc) is 3.24. The number of aryl methyl sites for hydroxylation is 3. The Kier molecular flexibility index (Phi) is 5.00. The minimum Gasteiger partial charge on any atom is -0.454 e. The van der Waals surface area contributed by atoms with Gasteiger partial charge in [-0.05, 0) is 49.9 Å². The fraction of sp³-hybridized carbons (Fsp3) is 0.381. The molecular weight excluding hydrogens is 392 g/mol. The number of amides is 1. The molecule has 1 fully saturated rings. The molecule has 2 aromatic carbocycles. The molecule has 1 N–H and O–H groups in total. The fourth-order valence-electron chi connectivity index (χ4n) is 4.11. The van der Waals surface area contributed by atoms with Crippen molar-refractivity contribution in [1.29, 1.82) is 0 Å². The molecule has 7 nitrogen and oxygen atoms in total. The molecule has 0 radical (unpaired) electrons. The number of hydrogen-bond acceptors (Lipinski definition) is 5. The van der Waals surface area contributed by atoms with Gasteiger partial charge < -0.3 is 14.4 Å². The third kappa shape index (κ3) is 3.82. The summed E-state index contributed by atoms with van der Waals surface area (Å²) in [5.41, 5.74) is 3.20. The van der Waals surface area contributed by atoms with E-state index >= 15 is 0 Å². The smallest absolute Gasteiger partial charge is 0.241 e. The highest BCUT2D eigenvalue weighted by molar-refractivity contribution is 7.89. The van der Waals surface area contributed by atoms with E-state index < -0.39 is 10.0 Å². The van der Waals surface area contributed by atoms with Crippen LogP contribution in [0.15, 0.2) is 35.2 Å². The van der Waals surface area contributed by atoms with Crippen LogP contribution < -0.4 is 19.1 Å². The van der Waals surface area contributed by atoms with Crippen LogP contribution in [-0.2, 0) is 14.8 Å². The van der Waals surface area contributed by atoms with Gasteiger partial charge in [-0.15, -0.1) is 0 Å². The van der Waals surface area contributed by atoms with Crippen molar-refractivity contribution in [3.8, 4) is 11.5 Å². The van der Waals surface area contributed by atoms with Gasteiger partial charge in [0.2, 0.25) is 22.7 Å². The highest BCUT2D eigenvalue weighted by Gasteiger charge is 2.32. The zero-order valence-corrected chi connectivity index (χ0v) is 17.5. The molecule has 1 amide bonds. The monoisotopic (exact) mass is 416 g/mol. The van der Waals surface area contributed by atoms with E-state index in [1.54, 1.807) is 30.9 Å². The van der Waals surface area contributed by atoms with E-state index in [1.165, 1.54) is 0 Å². The first-order chi connectivity index (χ1) is 13.7. The average molecular weight is 416 g/mol. The highest BCUT2D eigenvalue weighted by atomic mass is 32.2. The molecule has 2 aromatic rings. The molecule has 2 aliphatic heterocycles. The van der Waals surface area contributed by atoms with Crippen molar-refractivity contribution < 1.29 is 22.7 Å². The summed E-state index contributed by atoms with van der Waals surface area (Å²) in [6.45, 7) is 6.38. The molecule has 29 heavy (non-hydrogen) atoms. The van der Waals surface area contributed by atoms with Crippen LogP contribution in [0.25, 0.3) is 0 Å². The van der Waals surface area contributed by atoms with E-state index in [2.05, 4.69) is 4.72 Å². The maximum Gasteiger partial charge on any atom is 0.241 e. The van der Waals surface area contributed by atoms with Crippen molar-refractivity contribution >= 4 is 21.6 Å². The fourth-order valence-corrected chi connectivity index (χ4v) is 5.68. The van der Waals surface area contributed by atoms with Crippen LogP contribution in [0.4, 0.5) is 5.69 Å². The summed E-state index contributed by atoms with van der Waals surface area (Å²) in [5, 5.41) is 0. The van der Waals surface area contributed by atoms with Crippen molar-refractivity contribution in [2.45, 2.75) is 32.1 Å². The van der Waals surface area contributed by atoms with Gasteiger partial charge in [-0.1, -0.05) is 17.7 Å². The minimum atomic E-state index is -3.65. The predicted molar refractivity (Wildman–Crippen MR) is 109 cm³/mol. The van der Waals surface area contributed by atoms with Crippen LogP contribution in [0.1, 0.15) is 23.1 Å². The molecule has 1 saturated heterocycles. The van der Waals surface area contributed by atoms with E-state index in [-0.39, 0.29) is 25.2 Å². The summed E-state index contributed by atoms with van der Waals surface area (Å²) >= 11 is 0. The lowest BCUT2D eigenvalue weighted by Crippen LogP contribution is -2.32. The molecular formula is C21H24N2O5S. The number of rotatable bonds is 5. The maximum absolute atomic E-state index is 12.9. The molecule has 0 aliphatic carbocycles. The molecule has 154 valence electrons. The van der Waals surface area contributed by atoms with Gasteiger partial charge >= 0.3 is 0 Å². The molecule has 0 saturated carbocycles. The number of benzene rings is 2. The summed E-state index contributed by atoms with van der Waals surface area (Å²) < 4.78 is 39.1. The standard InChI is InChI=1S/C21H24N2O5S/c1-13-6-14(2)21(15(3)7-13)29(25,26)22-10-16-8-20(24)23(11-16)17-4-5-18-19(9-17)28-12-27-18/h4-7,9,16,22H,8,10-12H2,1-3H3/t16-/m1/s1. The van der Waals surface area contributed by atoms with Crippen molar-refractivity contribution in [3.05, 3.63) is 47.0 Å². The first kappa shape index (κ1) is 19.7. The zero-order chi connectivity index (χ0) is 20.8. The quantitative estimate of drug-likeness (QED) is 0.810. The van der Waals surface area contributed by atoms with Crippen molar-refractivity contribution in [2.24, 2.45) is 5.92 Å². The van der Waals surface area contributed by atoms with E-state index in [4.69, 9.17) is 9.47 Å². The first-order valence-electron chi connectivity index (χ1n) is 9.52. The van der Waals surface area contributed by atoms with Crippen molar-refractivity contribution in [1.82, 2.24) is 4.72 Å². The third-order valence-corrected chi connectivity index (χ3v) is 7.04. The number of carbonyl (C=O) groups excluding carboxylic acids is 1. The molecule has 2 heterocycles. The number of nitrogens with one attached hydrogen (secondary N) is 1. The molecule has 0 unspecified atom stereocenters. The normalized spacial score (nSPS) is 18.5. The second-order valence-corrected chi connectivity index (χ2v) is 9.40. The van der Waals surface area contributed by atoms with Crippen LogP contribution in [0.2, 0.25) is 0 Å². The predicted octanol–water partition coefficient (Wildman–Crippen LogP) is 2.67. The second kappa shape index (κ2) is 7.35. The van der Waals surface area contributed by atoms with Crippen LogP contribution >= 0.6 is 0 Å². The van der Waals surface area contributed by atoms with E-state index in [9.17, 15) is 13.2 Å². The van der Waals surface area contributed by atoms with E-state index in [1.807, 2.05) is 25.1 Å². The maximum atomic E-state index is 12.9. The Labute approximate surface area is 170 Å². The summed E-state index contributed by atoms with van der Waals surface area (Å²) in [6.07, 6.45) is 0.294. The Morgan fingerprint density at radius 3 is 2.48 bits per heavy atom. The van der Waals surface area contributed by atoms with Gasteiger partial charge in [0.05, 0.1) is 4.90 Å². The second-order valence-electron chi connectivity index (χ2n) is 7.69. The number of nitrogens with zero attached hydrogens (tertiary/aromatic N) is 1. The summed E-state index contributed by atoms with van der Waals surface area (Å²) in [4.78, 5) is 14.5. The van der Waals surface area contributed by atoms with Crippen molar-refractivity contribution in [2.75, 3.05) is 24.8 Å². The number of sulfonamides is 1. The van der Waals surface area contributed by atoms with Gasteiger partial charge in [0.25, 0.3) is 0 Å². The first-order valence-corrected chi connectivity index (χ1v) is 11.0. The summed E-state index contributed by atoms with van der Waals surface area (Å²) in [5.74, 6) is 1.14. The van der Waals surface area contributed by atoms with Gasteiger partial charge in [-0.2, -0.15) is 0 Å². The topological polar surface area (TPSA) is 84.9 Å². The van der Waals surface area contributed by atoms with Gasteiger partial charge in [-0.3, -0.25) is 4.79 Å². The number of ether oxygens (including phenoxy) is 2. The SMILES string of the molecule is Cc1cc(C)c(S(=O)(=O)NC[C@H]2CC(=O)N(c3ccc4c(c3)OCO4)C2)c(C)c1. The van der Waals surface area contributed by atoms with Crippen LogP contribution in [0.3, 0.4) is 0 Å². The number of fused-ring (bicyclic) bond motifs is 1. The molecule has 0 bridgehead atoms. The Bertz CT molecular complexity index is 1060. The minimum absolute atomic E-state index is 0.0317. The van der Waals surface area contributed by atoms with Gasteiger partial charge in [0.1, 0.15) is 0 Å². The molecule has 0 aromatic heterocycles. The molecule has 0 spiro atoms. The lowest BCUT2D eigenvalue weighted by atomic mass is 10.1. The van der Waals surface area contributed by atoms with Gasteiger partial charge in [0, 0.05) is 31.3 Å². The summed E-state index contributed by atoms with van der Waals surface area (Å²) in [7, 11) is -3.65. The van der Waals surface area contributed by atoms with Crippen LogP contribution in [0.5, 0.6) is 11.5 Å². The molecule has 1 atom stereocenters. The Hall–Kier alpha value is -2.58. The lowest BCUT2D eigenvalue weighted by Gasteiger charge is -2.18. The third-order valence-electron chi connectivity index (χ3n) is 5.31. The Balaban J connectivity index is 1.45. The summed E-state index contributed by atoms with van der Waals surface area (Å²) in [6, 6.07) is 9.11. The van der Waals surface area contributed by atoms with E-state index in [0.29, 0.717) is 29.4 Å². The molecule has 2 aliphatic rings.